The fourth-order valence-corrected chi connectivity index (χ4v) is 4.64. The molecule has 1 N–H and O–H groups in total. The van der Waals surface area contributed by atoms with Crippen molar-refractivity contribution in [1.82, 2.24) is 14.4 Å². The van der Waals surface area contributed by atoms with Crippen molar-refractivity contribution in [2.75, 3.05) is 53.1 Å². The number of halogens is 3. The number of pyridine rings is 1. The number of rotatable bonds is 9. The van der Waals surface area contributed by atoms with Crippen LogP contribution in [0.4, 0.5) is 18.9 Å². The minimum Gasteiger partial charge on any atom is -0.388 e. The van der Waals surface area contributed by atoms with Crippen molar-refractivity contribution in [1.29, 1.82) is 0 Å². The maximum atomic E-state index is 13.9. The molecule has 43 heavy (non-hydrogen) atoms. The number of hydrogen-bond donors (Lipinski definition) is 1. The number of amides is 1. The molecule has 1 amide bonds. The highest BCUT2D eigenvalue weighted by molar-refractivity contribution is 5.94. The Balaban J connectivity index is 0.00000316. The number of nitrogens with zero attached hydrogens (tertiary/aromatic N) is 4. The second-order valence-electron chi connectivity index (χ2n) is 10.0. The lowest BCUT2D eigenvalue weighted by atomic mass is 9.92. The fraction of sp³-hybridized carbons (Fsp3) is 0.364. The maximum Gasteiger partial charge on any atom is 0.417 e. The number of carbonyl (C=O) groups excluding carboxylic acids is 1. The van der Waals surface area contributed by atoms with Crippen LogP contribution in [0.2, 0.25) is 0 Å². The zero-order valence-corrected chi connectivity index (χ0v) is 26.0. The Hall–Kier alpha value is -4.18. The Morgan fingerprint density at radius 2 is 1.88 bits per heavy atom. The van der Waals surface area contributed by atoms with E-state index in [0.29, 0.717) is 48.6 Å². The Morgan fingerprint density at radius 3 is 2.42 bits per heavy atom. The predicted molar refractivity (Wildman–Crippen MR) is 172 cm³/mol. The molecule has 0 spiro atoms. The van der Waals surface area contributed by atoms with Gasteiger partial charge in [0.15, 0.2) is 0 Å². The van der Waals surface area contributed by atoms with E-state index >= 15 is 0 Å². The summed E-state index contributed by atoms with van der Waals surface area (Å²) < 4.78 is 43.3. The van der Waals surface area contributed by atoms with E-state index in [-0.39, 0.29) is 16.7 Å². The van der Waals surface area contributed by atoms with E-state index in [4.69, 9.17) is 0 Å². The molecule has 1 aliphatic rings. The normalized spacial score (nSPS) is 14.6. The summed E-state index contributed by atoms with van der Waals surface area (Å²) in [4.78, 5) is 32.3. The summed E-state index contributed by atoms with van der Waals surface area (Å²) in [5, 5.41) is 2.94. The van der Waals surface area contributed by atoms with Gasteiger partial charge < -0.3 is 10.2 Å². The summed E-state index contributed by atoms with van der Waals surface area (Å²) >= 11 is 0. The number of anilines is 1. The summed E-state index contributed by atoms with van der Waals surface area (Å²) in [6.45, 7) is 11.7. The molecule has 0 aliphatic carbocycles. The first-order valence-electron chi connectivity index (χ1n) is 14.1. The van der Waals surface area contributed by atoms with Gasteiger partial charge in [-0.05, 0) is 54.3 Å². The topological polar surface area (TPSA) is 69.9 Å². The standard InChI is InChI=1S/C31H36F3N5O2.C2H6/c1-21(17-22(2)28(9-13-35-3)39-16-12-25(36-4)19-29(39)40)20-38-14-10-23(11-15-38)26-8-7-24(30(41)37(5)6)18-27(26)31(32,33)34;1-2/h7-10,12-13,16-19,36H,2,11,14-15,20H2,1,3-6H3;1-2H3/b21-17+,28-9+,35-13?;. The molecule has 0 unspecified atom stereocenters. The van der Waals surface area contributed by atoms with E-state index in [1.165, 1.54) is 41.8 Å². The zero-order valence-electron chi connectivity index (χ0n) is 26.0. The molecule has 2 heterocycles. The maximum absolute atomic E-state index is 13.9. The van der Waals surface area contributed by atoms with Crippen molar-refractivity contribution in [2.45, 2.75) is 33.4 Å². The highest BCUT2D eigenvalue weighted by atomic mass is 19.4. The molecule has 1 aromatic carbocycles. The molecular weight excluding hydrogens is 555 g/mol. The Kier molecular flexibility index (Phi) is 12.9. The zero-order chi connectivity index (χ0) is 32.3. The number of aromatic nitrogens is 1. The van der Waals surface area contributed by atoms with Gasteiger partial charge in [0.1, 0.15) is 0 Å². The lowest BCUT2D eigenvalue weighted by Gasteiger charge is -2.28. The smallest absolute Gasteiger partial charge is 0.388 e. The number of hydrogen-bond acceptors (Lipinski definition) is 5. The van der Waals surface area contributed by atoms with Gasteiger partial charge >= 0.3 is 6.18 Å². The van der Waals surface area contributed by atoms with Crippen molar-refractivity contribution in [3.05, 3.63) is 99.5 Å². The first kappa shape index (κ1) is 35.0. The van der Waals surface area contributed by atoms with Crippen molar-refractivity contribution in [2.24, 2.45) is 4.99 Å². The van der Waals surface area contributed by atoms with Crippen LogP contribution in [0.15, 0.2) is 82.3 Å². The Morgan fingerprint density at radius 1 is 1.19 bits per heavy atom. The van der Waals surface area contributed by atoms with E-state index in [2.05, 4.69) is 21.8 Å². The molecule has 1 aliphatic heterocycles. The Bertz CT molecular complexity index is 1480. The van der Waals surface area contributed by atoms with Gasteiger partial charge in [-0.15, -0.1) is 0 Å². The molecule has 7 nitrogen and oxygen atoms in total. The number of alkyl halides is 3. The molecule has 0 radical (unpaired) electrons. The molecule has 2 aromatic rings. The predicted octanol–water partition coefficient (Wildman–Crippen LogP) is 6.47. The quantitative estimate of drug-likeness (QED) is 0.266. The van der Waals surface area contributed by atoms with Crippen LogP contribution in [0.3, 0.4) is 0 Å². The SMILES string of the molecule is C=C(/C=C(\C)CN1CC=C(c2ccc(C(=O)N(C)C)cc2C(F)(F)F)CC1)/C(=C\C=NC)n1ccc(NC)cc1=O.CC. The van der Waals surface area contributed by atoms with Crippen LogP contribution >= 0.6 is 0 Å². The highest BCUT2D eigenvalue weighted by Crippen LogP contribution is 2.37. The van der Waals surface area contributed by atoms with Gasteiger partial charge in [-0.2, -0.15) is 13.2 Å². The third-order valence-corrected chi connectivity index (χ3v) is 6.69. The number of carbonyl (C=O) groups is 1. The van der Waals surface area contributed by atoms with Gasteiger partial charge in [0.25, 0.3) is 11.5 Å². The van der Waals surface area contributed by atoms with E-state index < -0.39 is 17.6 Å². The molecule has 1 aromatic heterocycles. The molecule has 10 heteroatoms. The summed E-state index contributed by atoms with van der Waals surface area (Å²) in [5.41, 5.74) is 2.59. The van der Waals surface area contributed by atoms with E-state index in [1.54, 1.807) is 38.6 Å². The van der Waals surface area contributed by atoms with Gasteiger partial charge in [0.05, 0.1) is 11.3 Å². The van der Waals surface area contributed by atoms with Crippen LogP contribution in [0.1, 0.15) is 48.7 Å². The third kappa shape index (κ3) is 9.41. The van der Waals surface area contributed by atoms with E-state index in [1.807, 2.05) is 32.9 Å². The van der Waals surface area contributed by atoms with Crippen LogP contribution in [0, 0.1) is 0 Å². The summed E-state index contributed by atoms with van der Waals surface area (Å²) in [6, 6.07) is 7.07. The van der Waals surface area contributed by atoms with E-state index in [9.17, 15) is 22.8 Å². The van der Waals surface area contributed by atoms with Gasteiger partial charge in [0, 0.05) is 77.6 Å². The fourth-order valence-electron chi connectivity index (χ4n) is 4.64. The number of benzene rings is 1. The Labute approximate surface area is 252 Å². The molecule has 0 fully saturated rings. The highest BCUT2D eigenvalue weighted by Gasteiger charge is 2.35. The average molecular weight is 598 g/mol. The summed E-state index contributed by atoms with van der Waals surface area (Å²) in [7, 11) is 6.39. The van der Waals surface area contributed by atoms with Crippen LogP contribution in [-0.2, 0) is 6.18 Å². The van der Waals surface area contributed by atoms with Crippen molar-refractivity contribution in [3.63, 3.8) is 0 Å². The summed E-state index contributed by atoms with van der Waals surface area (Å²) in [5.74, 6) is -0.477. The number of nitrogens with one attached hydrogen (secondary N) is 1. The van der Waals surface area contributed by atoms with Crippen molar-refractivity contribution >= 4 is 29.1 Å². The molecule has 3 rings (SSSR count). The lowest BCUT2D eigenvalue weighted by Crippen LogP contribution is -2.30. The average Bonchev–Trinajstić information content (AvgIpc) is 2.98. The van der Waals surface area contributed by atoms with Crippen LogP contribution in [-0.4, -0.2) is 74.3 Å². The molecule has 232 valence electrons. The van der Waals surface area contributed by atoms with Crippen LogP contribution in [0.25, 0.3) is 11.3 Å². The molecule has 0 saturated heterocycles. The number of allylic oxidation sites excluding steroid dienone is 4. The first-order chi connectivity index (χ1) is 20.3. The molecular formula is C33H42F3N5O2. The van der Waals surface area contributed by atoms with Gasteiger partial charge in [0.2, 0.25) is 0 Å². The van der Waals surface area contributed by atoms with E-state index in [0.717, 1.165) is 11.6 Å². The van der Waals surface area contributed by atoms with Crippen molar-refractivity contribution < 1.29 is 18.0 Å². The van der Waals surface area contributed by atoms with Gasteiger partial charge in [-0.1, -0.05) is 44.2 Å². The second-order valence-corrected chi connectivity index (χ2v) is 10.0. The summed E-state index contributed by atoms with van der Waals surface area (Å²) in [6.07, 6.45) is 4.55. The largest absolute Gasteiger partial charge is 0.417 e. The van der Waals surface area contributed by atoms with Crippen LogP contribution in [0.5, 0.6) is 0 Å². The van der Waals surface area contributed by atoms with Gasteiger partial charge in [-0.25, -0.2) is 0 Å². The minimum atomic E-state index is -4.58. The minimum absolute atomic E-state index is 0.00367. The second kappa shape index (κ2) is 15.9. The third-order valence-electron chi connectivity index (χ3n) is 6.69. The first-order valence-corrected chi connectivity index (χ1v) is 14.1. The molecule has 0 saturated carbocycles. The van der Waals surface area contributed by atoms with Crippen molar-refractivity contribution in [3.8, 4) is 0 Å². The van der Waals surface area contributed by atoms with Gasteiger partial charge in [-0.3, -0.25) is 24.0 Å². The number of aliphatic imine (C=N–C) groups is 1. The molecule has 0 bridgehead atoms. The molecule has 0 atom stereocenters. The lowest BCUT2D eigenvalue weighted by molar-refractivity contribution is -0.137. The monoisotopic (exact) mass is 597 g/mol. The van der Waals surface area contributed by atoms with Crippen LogP contribution < -0.4 is 10.9 Å².